The largest absolute Gasteiger partial charge is 0.395 e. The summed E-state index contributed by atoms with van der Waals surface area (Å²) in [5.41, 5.74) is 1.04. The lowest BCUT2D eigenvalue weighted by atomic mass is 9.90. The number of hydrogen-bond donors (Lipinski definition) is 2. The fourth-order valence-electron chi connectivity index (χ4n) is 2.46. The van der Waals surface area contributed by atoms with Crippen LogP contribution in [0.1, 0.15) is 37.9 Å². The Kier molecular flexibility index (Phi) is 4.19. The highest BCUT2D eigenvalue weighted by Gasteiger charge is 2.28. The average molecular weight is 253 g/mol. The molecule has 1 aromatic carbocycles. The molecule has 2 N–H and O–H groups in total. The first kappa shape index (κ1) is 13.3. The summed E-state index contributed by atoms with van der Waals surface area (Å²) < 4.78 is 14.1. The van der Waals surface area contributed by atoms with Crippen LogP contribution in [0.2, 0.25) is 0 Å². The molecule has 1 aromatic rings. The van der Waals surface area contributed by atoms with Crippen molar-refractivity contribution in [2.45, 2.75) is 38.3 Å². The minimum atomic E-state index is -0.711. The van der Waals surface area contributed by atoms with E-state index in [1.165, 1.54) is 6.07 Å². The number of halogens is 1. The third kappa shape index (κ3) is 2.49. The van der Waals surface area contributed by atoms with E-state index >= 15 is 0 Å². The van der Waals surface area contributed by atoms with Crippen LogP contribution in [0.15, 0.2) is 18.2 Å². The molecule has 0 aliphatic heterocycles. The zero-order valence-corrected chi connectivity index (χ0v) is 10.6. The highest BCUT2D eigenvalue weighted by molar-refractivity contribution is 5.57. The fourth-order valence-corrected chi connectivity index (χ4v) is 2.46. The van der Waals surface area contributed by atoms with Gasteiger partial charge in [-0.25, -0.2) is 4.39 Å². The lowest BCUT2D eigenvalue weighted by Gasteiger charge is -2.40. The van der Waals surface area contributed by atoms with Gasteiger partial charge < -0.3 is 15.1 Å². The number of aliphatic hydroxyl groups is 2. The first-order valence-corrected chi connectivity index (χ1v) is 6.49. The Morgan fingerprint density at radius 1 is 1.44 bits per heavy atom. The highest BCUT2D eigenvalue weighted by Crippen LogP contribution is 2.35. The van der Waals surface area contributed by atoms with Crippen LogP contribution in [0.5, 0.6) is 0 Å². The van der Waals surface area contributed by atoms with E-state index in [2.05, 4.69) is 0 Å². The highest BCUT2D eigenvalue weighted by atomic mass is 19.1. The molecule has 1 atom stereocenters. The number of benzene rings is 1. The molecule has 1 fully saturated rings. The molecule has 0 saturated heterocycles. The lowest BCUT2D eigenvalue weighted by molar-refractivity contribution is 0.198. The van der Waals surface area contributed by atoms with E-state index in [4.69, 9.17) is 5.11 Å². The molecule has 0 spiro atoms. The molecule has 18 heavy (non-hydrogen) atoms. The minimum absolute atomic E-state index is 0.00984. The molecule has 0 amide bonds. The molecule has 2 rings (SSSR count). The molecule has 0 unspecified atom stereocenters. The molecule has 1 aliphatic rings. The van der Waals surface area contributed by atoms with E-state index in [-0.39, 0.29) is 18.5 Å². The monoisotopic (exact) mass is 253 g/mol. The summed E-state index contributed by atoms with van der Waals surface area (Å²) in [6.45, 7) is 2.03. The van der Waals surface area contributed by atoms with E-state index in [0.29, 0.717) is 17.8 Å². The Hall–Kier alpha value is -1.13. The van der Waals surface area contributed by atoms with Gasteiger partial charge >= 0.3 is 0 Å². The maximum Gasteiger partial charge on any atom is 0.146 e. The van der Waals surface area contributed by atoms with Gasteiger partial charge in [-0.05, 0) is 32.3 Å². The van der Waals surface area contributed by atoms with E-state index in [0.717, 1.165) is 19.3 Å². The lowest BCUT2D eigenvalue weighted by Crippen LogP contribution is -2.43. The molecule has 0 bridgehead atoms. The normalized spacial score (nSPS) is 17.3. The number of aliphatic hydroxyl groups excluding tert-OH is 2. The molecule has 0 heterocycles. The zero-order chi connectivity index (χ0) is 13.1. The van der Waals surface area contributed by atoms with Crippen LogP contribution in [0.25, 0.3) is 0 Å². The van der Waals surface area contributed by atoms with Gasteiger partial charge in [0.1, 0.15) is 5.82 Å². The van der Waals surface area contributed by atoms with Crippen LogP contribution in [-0.2, 0) is 0 Å². The molecular formula is C14H20FNO2. The van der Waals surface area contributed by atoms with Crippen molar-refractivity contribution in [3.8, 4) is 0 Å². The van der Waals surface area contributed by atoms with Gasteiger partial charge in [0.25, 0.3) is 0 Å². The number of nitrogens with zero attached hydrogens (tertiary/aromatic N) is 1. The van der Waals surface area contributed by atoms with E-state index in [9.17, 15) is 9.50 Å². The standard InChI is InChI=1S/C14H20FNO2/c1-10(18)12-6-3-7-13(15)14(12)16(8-9-17)11-4-2-5-11/h3,6-7,10-11,17-18H,2,4-5,8-9H2,1H3/t10-/m0/s1. The van der Waals surface area contributed by atoms with Crippen LogP contribution in [0.4, 0.5) is 10.1 Å². The predicted molar refractivity (Wildman–Crippen MR) is 69.1 cm³/mol. The van der Waals surface area contributed by atoms with Crippen LogP contribution in [0, 0.1) is 5.82 Å². The quantitative estimate of drug-likeness (QED) is 0.845. The second kappa shape index (κ2) is 5.67. The Balaban J connectivity index is 2.38. The summed E-state index contributed by atoms with van der Waals surface area (Å²) in [5.74, 6) is -0.325. The van der Waals surface area contributed by atoms with Gasteiger partial charge in [0.05, 0.1) is 18.4 Å². The molecule has 100 valence electrons. The Morgan fingerprint density at radius 2 is 2.17 bits per heavy atom. The summed E-state index contributed by atoms with van der Waals surface area (Å²) in [6, 6.07) is 5.04. The van der Waals surface area contributed by atoms with Crippen molar-refractivity contribution in [1.82, 2.24) is 0 Å². The maximum absolute atomic E-state index is 14.1. The number of rotatable bonds is 5. The smallest absolute Gasteiger partial charge is 0.146 e. The maximum atomic E-state index is 14.1. The van der Waals surface area contributed by atoms with Crippen LogP contribution in [-0.4, -0.2) is 29.4 Å². The van der Waals surface area contributed by atoms with Crippen molar-refractivity contribution in [2.24, 2.45) is 0 Å². The fraction of sp³-hybridized carbons (Fsp3) is 0.571. The minimum Gasteiger partial charge on any atom is -0.395 e. The Labute approximate surface area is 107 Å². The average Bonchev–Trinajstić information content (AvgIpc) is 2.25. The molecule has 0 radical (unpaired) electrons. The molecule has 1 aliphatic carbocycles. The van der Waals surface area contributed by atoms with Crippen molar-refractivity contribution in [2.75, 3.05) is 18.1 Å². The first-order valence-electron chi connectivity index (χ1n) is 6.49. The van der Waals surface area contributed by atoms with Crippen molar-refractivity contribution < 1.29 is 14.6 Å². The van der Waals surface area contributed by atoms with Gasteiger partial charge in [-0.1, -0.05) is 12.1 Å². The van der Waals surface area contributed by atoms with Crippen LogP contribution in [0.3, 0.4) is 0 Å². The van der Waals surface area contributed by atoms with Crippen molar-refractivity contribution in [1.29, 1.82) is 0 Å². The van der Waals surface area contributed by atoms with E-state index in [1.54, 1.807) is 19.1 Å². The van der Waals surface area contributed by atoms with Gasteiger partial charge in [0.15, 0.2) is 0 Å². The Morgan fingerprint density at radius 3 is 2.67 bits per heavy atom. The third-order valence-corrected chi connectivity index (χ3v) is 3.61. The number of para-hydroxylation sites is 1. The summed E-state index contributed by atoms with van der Waals surface area (Å²) in [4.78, 5) is 1.90. The molecule has 4 heteroatoms. The zero-order valence-electron chi connectivity index (χ0n) is 10.6. The summed E-state index contributed by atoms with van der Waals surface area (Å²) in [6.07, 6.45) is 2.48. The molecule has 3 nitrogen and oxygen atoms in total. The topological polar surface area (TPSA) is 43.7 Å². The van der Waals surface area contributed by atoms with Crippen molar-refractivity contribution >= 4 is 5.69 Å². The van der Waals surface area contributed by atoms with Crippen molar-refractivity contribution in [3.63, 3.8) is 0 Å². The van der Waals surface area contributed by atoms with Gasteiger partial charge in [-0.2, -0.15) is 0 Å². The SMILES string of the molecule is C[C@H](O)c1cccc(F)c1N(CCO)C1CCC1. The van der Waals surface area contributed by atoms with Crippen LogP contribution < -0.4 is 4.90 Å². The molecule has 1 saturated carbocycles. The molecular weight excluding hydrogens is 233 g/mol. The van der Waals surface area contributed by atoms with Gasteiger partial charge in [-0.3, -0.25) is 0 Å². The summed E-state index contributed by atoms with van der Waals surface area (Å²) in [7, 11) is 0. The van der Waals surface area contributed by atoms with Gasteiger partial charge in [0.2, 0.25) is 0 Å². The second-order valence-electron chi connectivity index (χ2n) is 4.86. The Bertz CT molecular complexity index is 405. The third-order valence-electron chi connectivity index (χ3n) is 3.61. The van der Waals surface area contributed by atoms with Gasteiger partial charge in [-0.15, -0.1) is 0 Å². The van der Waals surface area contributed by atoms with Crippen molar-refractivity contribution in [3.05, 3.63) is 29.6 Å². The number of hydrogen-bond acceptors (Lipinski definition) is 3. The predicted octanol–water partition coefficient (Wildman–Crippen LogP) is 2.23. The first-order chi connectivity index (χ1) is 8.65. The van der Waals surface area contributed by atoms with Crippen LogP contribution >= 0.6 is 0 Å². The summed E-state index contributed by atoms with van der Waals surface area (Å²) >= 11 is 0. The number of anilines is 1. The second-order valence-corrected chi connectivity index (χ2v) is 4.86. The summed E-state index contributed by atoms with van der Waals surface area (Å²) in [5, 5.41) is 18.9. The van der Waals surface area contributed by atoms with E-state index in [1.807, 2.05) is 4.90 Å². The van der Waals surface area contributed by atoms with Gasteiger partial charge in [0, 0.05) is 18.2 Å². The molecule has 0 aromatic heterocycles. The van der Waals surface area contributed by atoms with E-state index < -0.39 is 6.10 Å².